The van der Waals surface area contributed by atoms with Gasteiger partial charge in [0.15, 0.2) is 11.5 Å². The number of methoxy groups -OCH3 is 1. The van der Waals surface area contributed by atoms with Crippen LogP contribution in [0.5, 0.6) is 17.2 Å². The monoisotopic (exact) mass is 286 g/mol. The first kappa shape index (κ1) is 14.7. The van der Waals surface area contributed by atoms with Crippen molar-refractivity contribution in [3.8, 4) is 17.2 Å². The molecule has 5 nitrogen and oxygen atoms in total. The lowest BCUT2D eigenvalue weighted by Crippen LogP contribution is -2.12. The molecule has 0 saturated carbocycles. The molecule has 0 spiro atoms. The van der Waals surface area contributed by atoms with Gasteiger partial charge in [-0.25, -0.2) is 0 Å². The molecule has 0 aromatic heterocycles. The van der Waals surface area contributed by atoms with Crippen molar-refractivity contribution in [1.82, 2.24) is 0 Å². The van der Waals surface area contributed by atoms with Gasteiger partial charge in [-0.1, -0.05) is 24.3 Å². The van der Waals surface area contributed by atoms with Gasteiger partial charge in [0, 0.05) is 5.56 Å². The molecule has 0 saturated heterocycles. The van der Waals surface area contributed by atoms with E-state index < -0.39 is 0 Å². The molecular formula is C16H18N2O3. The SMILES string of the molecule is COc1ccccc1OCCOc1cccc(C(=N)N)c1. The summed E-state index contributed by atoms with van der Waals surface area (Å²) in [6.07, 6.45) is 0. The number of rotatable bonds is 7. The molecule has 0 unspecified atom stereocenters. The number of amidine groups is 1. The molecule has 0 bridgehead atoms. The minimum Gasteiger partial charge on any atom is -0.493 e. The fourth-order valence-electron chi connectivity index (χ4n) is 1.80. The van der Waals surface area contributed by atoms with Gasteiger partial charge in [0.2, 0.25) is 0 Å². The van der Waals surface area contributed by atoms with Crippen LogP contribution in [0.4, 0.5) is 0 Å². The van der Waals surface area contributed by atoms with Crippen LogP contribution in [0.25, 0.3) is 0 Å². The van der Waals surface area contributed by atoms with E-state index >= 15 is 0 Å². The smallest absolute Gasteiger partial charge is 0.161 e. The van der Waals surface area contributed by atoms with Crippen LogP contribution in [0.1, 0.15) is 5.56 Å². The van der Waals surface area contributed by atoms with Crippen LogP contribution in [0.15, 0.2) is 48.5 Å². The van der Waals surface area contributed by atoms with Gasteiger partial charge < -0.3 is 19.9 Å². The molecule has 0 aliphatic carbocycles. The Kier molecular flexibility index (Phi) is 5.04. The summed E-state index contributed by atoms with van der Waals surface area (Å²) >= 11 is 0. The Morgan fingerprint density at radius 2 is 1.71 bits per heavy atom. The average Bonchev–Trinajstić information content (AvgIpc) is 2.52. The number of nitrogens with two attached hydrogens (primary N) is 1. The largest absolute Gasteiger partial charge is 0.493 e. The summed E-state index contributed by atoms with van der Waals surface area (Å²) in [5.74, 6) is 2.05. The second-order valence-corrected chi connectivity index (χ2v) is 4.29. The van der Waals surface area contributed by atoms with Crippen LogP contribution in [-0.4, -0.2) is 26.2 Å². The molecule has 0 aliphatic heterocycles. The summed E-state index contributed by atoms with van der Waals surface area (Å²) in [5, 5.41) is 7.39. The summed E-state index contributed by atoms with van der Waals surface area (Å²) < 4.78 is 16.4. The Morgan fingerprint density at radius 1 is 1.00 bits per heavy atom. The lowest BCUT2D eigenvalue weighted by molar-refractivity contribution is 0.211. The fraction of sp³-hybridized carbons (Fsp3) is 0.188. The minimum absolute atomic E-state index is 0.0192. The van der Waals surface area contributed by atoms with E-state index in [0.717, 1.165) is 0 Å². The number of para-hydroxylation sites is 2. The standard InChI is InChI=1S/C16H18N2O3/c1-19-14-7-2-3-8-15(14)21-10-9-20-13-6-4-5-12(11-13)16(17)18/h2-8,11H,9-10H2,1H3,(H3,17,18). The maximum atomic E-state index is 7.39. The highest BCUT2D eigenvalue weighted by molar-refractivity contribution is 5.95. The highest BCUT2D eigenvalue weighted by Crippen LogP contribution is 2.25. The molecule has 0 atom stereocenters. The van der Waals surface area contributed by atoms with Crippen LogP contribution in [-0.2, 0) is 0 Å². The maximum Gasteiger partial charge on any atom is 0.161 e. The Hall–Kier alpha value is -2.69. The molecule has 21 heavy (non-hydrogen) atoms. The van der Waals surface area contributed by atoms with Crippen molar-refractivity contribution in [2.75, 3.05) is 20.3 Å². The second kappa shape index (κ2) is 7.19. The van der Waals surface area contributed by atoms with Gasteiger partial charge in [0.25, 0.3) is 0 Å². The molecule has 0 heterocycles. The zero-order chi connectivity index (χ0) is 15.1. The average molecular weight is 286 g/mol. The van der Waals surface area contributed by atoms with E-state index in [1.807, 2.05) is 30.3 Å². The van der Waals surface area contributed by atoms with Crippen molar-refractivity contribution in [1.29, 1.82) is 5.41 Å². The molecule has 3 N–H and O–H groups in total. The third-order valence-electron chi connectivity index (χ3n) is 2.82. The van der Waals surface area contributed by atoms with E-state index in [1.54, 1.807) is 25.3 Å². The molecule has 2 aromatic rings. The zero-order valence-electron chi connectivity index (χ0n) is 11.8. The van der Waals surface area contributed by atoms with E-state index in [1.165, 1.54) is 0 Å². The maximum absolute atomic E-state index is 7.39. The molecule has 0 amide bonds. The number of hydrogen-bond donors (Lipinski definition) is 2. The van der Waals surface area contributed by atoms with Gasteiger partial charge in [0.05, 0.1) is 7.11 Å². The Morgan fingerprint density at radius 3 is 2.43 bits per heavy atom. The molecule has 2 rings (SSSR count). The normalized spacial score (nSPS) is 9.95. The first-order valence-electron chi connectivity index (χ1n) is 6.54. The lowest BCUT2D eigenvalue weighted by Gasteiger charge is -2.11. The van der Waals surface area contributed by atoms with Crippen molar-refractivity contribution in [2.24, 2.45) is 5.73 Å². The molecule has 0 radical (unpaired) electrons. The van der Waals surface area contributed by atoms with E-state index in [9.17, 15) is 0 Å². The first-order valence-corrected chi connectivity index (χ1v) is 6.54. The van der Waals surface area contributed by atoms with Crippen LogP contribution >= 0.6 is 0 Å². The molecule has 0 aliphatic rings. The van der Waals surface area contributed by atoms with Crippen molar-refractivity contribution in [3.05, 3.63) is 54.1 Å². The molecular weight excluding hydrogens is 268 g/mol. The van der Waals surface area contributed by atoms with Crippen molar-refractivity contribution >= 4 is 5.84 Å². The lowest BCUT2D eigenvalue weighted by atomic mass is 10.2. The molecule has 2 aromatic carbocycles. The van der Waals surface area contributed by atoms with Gasteiger partial charge in [-0.3, -0.25) is 5.41 Å². The summed E-state index contributed by atoms with van der Waals surface area (Å²) in [5.41, 5.74) is 6.07. The van der Waals surface area contributed by atoms with Gasteiger partial charge in [-0.15, -0.1) is 0 Å². The summed E-state index contributed by atoms with van der Waals surface area (Å²) in [6, 6.07) is 14.6. The number of nitrogens with one attached hydrogen (secondary N) is 1. The van der Waals surface area contributed by atoms with Crippen LogP contribution in [0, 0.1) is 5.41 Å². The van der Waals surface area contributed by atoms with E-state index in [0.29, 0.717) is 36.0 Å². The third-order valence-corrected chi connectivity index (χ3v) is 2.82. The van der Waals surface area contributed by atoms with Crippen LogP contribution in [0.2, 0.25) is 0 Å². The second-order valence-electron chi connectivity index (χ2n) is 4.29. The van der Waals surface area contributed by atoms with Gasteiger partial charge in [-0.2, -0.15) is 0 Å². The zero-order valence-corrected chi connectivity index (χ0v) is 11.8. The predicted molar refractivity (Wildman–Crippen MR) is 81.4 cm³/mol. The summed E-state index contributed by atoms with van der Waals surface area (Å²) in [4.78, 5) is 0. The molecule has 5 heteroatoms. The fourth-order valence-corrected chi connectivity index (χ4v) is 1.80. The summed E-state index contributed by atoms with van der Waals surface area (Å²) in [7, 11) is 1.60. The van der Waals surface area contributed by atoms with Crippen molar-refractivity contribution in [3.63, 3.8) is 0 Å². The summed E-state index contributed by atoms with van der Waals surface area (Å²) in [6.45, 7) is 0.782. The molecule has 0 fully saturated rings. The van der Waals surface area contributed by atoms with E-state index in [2.05, 4.69) is 0 Å². The van der Waals surface area contributed by atoms with Gasteiger partial charge >= 0.3 is 0 Å². The number of benzene rings is 2. The topological polar surface area (TPSA) is 77.6 Å². The number of nitrogen functional groups attached to an aromatic ring is 1. The Bertz CT molecular complexity index is 614. The van der Waals surface area contributed by atoms with Crippen molar-refractivity contribution < 1.29 is 14.2 Å². The number of hydrogen-bond acceptors (Lipinski definition) is 4. The van der Waals surface area contributed by atoms with Gasteiger partial charge in [0.1, 0.15) is 24.8 Å². The highest BCUT2D eigenvalue weighted by Gasteiger charge is 2.03. The van der Waals surface area contributed by atoms with Gasteiger partial charge in [-0.05, 0) is 24.3 Å². The predicted octanol–water partition coefficient (Wildman–Crippen LogP) is 2.44. The minimum atomic E-state index is 0.0192. The van der Waals surface area contributed by atoms with E-state index in [4.69, 9.17) is 25.4 Å². The third kappa shape index (κ3) is 4.14. The Balaban J connectivity index is 1.85. The van der Waals surface area contributed by atoms with Crippen LogP contribution in [0.3, 0.4) is 0 Å². The Labute approximate surface area is 123 Å². The van der Waals surface area contributed by atoms with E-state index in [-0.39, 0.29) is 5.84 Å². The molecule has 110 valence electrons. The van der Waals surface area contributed by atoms with Crippen molar-refractivity contribution in [2.45, 2.75) is 0 Å². The van der Waals surface area contributed by atoms with Crippen LogP contribution < -0.4 is 19.9 Å². The first-order chi connectivity index (χ1) is 10.2. The highest BCUT2D eigenvalue weighted by atomic mass is 16.5. The quantitative estimate of drug-likeness (QED) is 0.465. The number of ether oxygens (including phenoxy) is 3.